The van der Waals surface area contributed by atoms with Gasteiger partial charge in [-0.1, -0.05) is 6.07 Å². The van der Waals surface area contributed by atoms with E-state index < -0.39 is 12.8 Å². The van der Waals surface area contributed by atoms with Crippen molar-refractivity contribution in [3.63, 3.8) is 0 Å². The van der Waals surface area contributed by atoms with E-state index in [1.807, 2.05) is 0 Å². The molecule has 26 heavy (non-hydrogen) atoms. The summed E-state index contributed by atoms with van der Waals surface area (Å²) < 4.78 is 46.7. The predicted octanol–water partition coefficient (Wildman–Crippen LogP) is 2.64. The lowest BCUT2D eigenvalue weighted by molar-refractivity contribution is -0.153. The number of amides is 1. The zero-order chi connectivity index (χ0) is 18.8. The molecular weight excluding hydrogens is 349 g/mol. The van der Waals surface area contributed by atoms with E-state index in [2.05, 4.69) is 10.6 Å². The van der Waals surface area contributed by atoms with Gasteiger partial charge in [-0.05, 0) is 55.5 Å². The zero-order valence-electron chi connectivity index (χ0n) is 14.6. The van der Waals surface area contributed by atoms with Crippen molar-refractivity contribution in [1.82, 2.24) is 10.6 Å². The summed E-state index contributed by atoms with van der Waals surface area (Å²) in [6.07, 6.45) is -1.41. The van der Waals surface area contributed by atoms with Gasteiger partial charge in [-0.15, -0.1) is 0 Å². The van der Waals surface area contributed by atoms with Crippen molar-refractivity contribution in [1.29, 1.82) is 0 Å². The van der Waals surface area contributed by atoms with E-state index in [0.29, 0.717) is 6.54 Å². The maximum Gasteiger partial charge on any atom is 0.422 e. The summed E-state index contributed by atoms with van der Waals surface area (Å²) in [5.74, 6) is 0.349. The molecule has 1 saturated heterocycles. The first-order valence-electron chi connectivity index (χ1n) is 8.68. The van der Waals surface area contributed by atoms with Gasteiger partial charge < -0.3 is 20.1 Å². The molecule has 5 nitrogen and oxygen atoms in total. The molecule has 2 fully saturated rings. The third-order valence-electron chi connectivity index (χ3n) is 5.19. The molecule has 1 amide bonds. The molecular formula is C18H23F3N2O3. The Balaban J connectivity index is 1.54. The van der Waals surface area contributed by atoms with Gasteiger partial charge in [0.15, 0.2) is 18.1 Å². The molecule has 1 aliphatic carbocycles. The molecule has 1 aliphatic heterocycles. The molecule has 0 bridgehead atoms. The maximum absolute atomic E-state index is 12.4. The van der Waals surface area contributed by atoms with Gasteiger partial charge in [0, 0.05) is 12.5 Å². The number of carbonyl (C=O) groups excluding carboxylic acids is 1. The molecule has 144 valence electrons. The van der Waals surface area contributed by atoms with E-state index in [9.17, 15) is 18.0 Å². The second kappa shape index (κ2) is 7.34. The number of hydrogen-bond donors (Lipinski definition) is 2. The van der Waals surface area contributed by atoms with Gasteiger partial charge in [0.25, 0.3) is 0 Å². The van der Waals surface area contributed by atoms with Crippen LogP contribution in [0.2, 0.25) is 0 Å². The highest BCUT2D eigenvalue weighted by Crippen LogP contribution is 2.58. The van der Waals surface area contributed by atoms with Crippen molar-refractivity contribution in [2.75, 3.05) is 26.8 Å². The minimum atomic E-state index is -4.41. The highest BCUT2D eigenvalue weighted by Gasteiger charge is 2.57. The van der Waals surface area contributed by atoms with Crippen molar-refractivity contribution in [3.05, 3.63) is 23.8 Å². The van der Waals surface area contributed by atoms with Crippen LogP contribution in [0.1, 0.15) is 24.8 Å². The van der Waals surface area contributed by atoms with Gasteiger partial charge in [-0.25, -0.2) is 0 Å². The Morgan fingerprint density at radius 3 is 2.69 bits per heavy atom. The second-order valence-electron chi connectivity index (χ2n) is 6.98. The molecule has 0 radical (unpaired) electrons. The van der Waals surface area contributed by atoms with E-state index in [1.165, 1.54) is 13.2 Å². The monoisotopic (exact) mass is 372 g/mol. The molecule has 1 aromatic carbocycles. The quantitative estimate of drug-likeness (QED) is 0.806. The van der Waals surface area contributed by atoms with E-state index in [-0.39, 0.29) is 28.7 Å². The summed E-state index contributed by atoms with van der Waals surface area (Å²) in [7, 11) is 1.36. The third kappa shape index (κ3) is 4.41. The van der Waals surface area contributed by atoms with Crippen LogP contribution in [0.3, 0.4) is 0 Å². The molecule has 1 atom stereocenters. The van der Waals surface area contributed by atoms with Crippen LogP contribution in [-0.4, -0.2) is 38.9 Å². The van der Waals surface area contributed by atoms with Crippen molar-refractivity contribution >= 4 is 5.91 Å². The molecule has 1 spiro atoms. The average molecular weight is 372 g/mol. The Labute approximate surface area is 150 Å². The molecule has 2 N–H and O–H groups in total. The average Bonchev–Trinajstić information content (AvgIpc) is 3.31. The predicted molar refractivity (Wildman–Crippen MR) is 89.0 cm³/mol. The van der Waals surface area contributed by atoms with E-state index in [4.69, 9.17) is 9.47 Å². The third-order valence-corrected chi connectivity index (χ3v) is 5.19. The zero-order valence-corrected chi connectivity index (χ0v) is 14.6. The number of rotatable bonds is 6. The number of nitrogens with one attached hydrogen (secondary N) is 2. The highest BCUT2D eigenvalue weighted by molar-refractivity contribution is 5.82. The van der Waals surface area contributed by atoms with Crippen LogP contribution in [0, 0.1) is 11.3 Å². The van der Waals surface area contributed by atoms with Crippen LogP contribution in [0.15, 0.2) is 18.2 Å². The topological polar surface area (TPSA) is 59.6 Å². The number of benzene rings is 1. The lowest BCUT2D eigenvalue weighted by Crippen LogP contribution is -2.33. The van der Waals surface area contributed by atoms with E-state index in [0.717, 1.165) is 37.9 Å². The van der Waals surface area contributed by atoms with Crippen LogP contribution >= 0.6 is 0 Å². The van der Waals surface area contributed by atoms with Gasteiger partial charge in [0.05, 0.1) is 7.11 Å². The van der Waals surface area contributed by atoms with Crippen LogP contribution in [0.5, 0.6) is 11.5 Å². The van der Waals surface area contributed by atoms with E-state index in [1.54, 1.807) is 12.1 Å². The van der Waals surface area contributed by atoms with Gasteiger partial charge in [0.1, 0.15) is 0 Å². The maximum atomic E-state index is 12.4. The van der Waals surface area contributed by atoms with Gasteiger partial charge in [-0.3, -0.25) is 4.79 Å². The van der Waals surface area contributed by atoms with Gasteiger partial charge in [0.2, 0.25) is 5.91 Å². The summed E-state index contributed by atoms with van der Waals surface area (Å²) >= 11 is 0. The molecule has 0 aromatic heterocycles. The number of piperidine rings is 1. The van der Waals surface area contributed by atoms with Gasteiger partial charge in [-0.2, -0.15) is 13.2 Å². The Morgan fingerprint density at radius 2 is 2.04 bits per heavy atom. The summed E-state index contributed by atoms with van der Waals surface area (Å²) in [5, 5.41) is 6.23. The minimum absolute atomic E-state index is 0.0238. The fourth-order valence-electron chi connectivity index (χ4n) is 3.61. The standard InChI is InChI=1S/C18H23F3N2O3/c1-25-15-8-12(2-3-14(15)26-11-18(19,20)21)10-23-16(24)13-9-17(13)4-6-22-7-5-17/h2-3,8,13,22H,4-7,9-11H2,1H3,(H,23,24). The minimum Gasteiger partial charge on any atom is -0.493 e. The molecule has 3 rings (SSSR count). The summed E-state index contributed by atoms with van der Waals surface area (Å²) in [5.41, 5.74) is 0.914. The first kappa shape index (κ1) is 18.8. The van der Waals surface area contributed by atoms with E-state index >= 15 is 0 Å². The lowest BCUT2D eigenvalue weighted by Gasteiger charge is -2.23. The van der Waals surface area contributed by atoms with Crippen LogP contribution in [0.25, 0.3) is 0 Å². The largest absolute Gasteiger partial charge is 0.493 e. The second-order valence-corrected chi connectivity index (χ2v) is 6.98. The molecule has 1 saturated carbocycles. The summed E-state index contributed by atoms with van der Waals surface area (Å²) in [6.45, 7) is 0.846. The Bertz CT molecular complexity index is 658. The number of methoxy groups -OCH3 is 1. The highest BCUT2D eigenvalue weighted by atomic mass is 19.4. The van der Waals surface area contributed by atoms with Gasteiger partial charge >= 0.3 is 6.18 Å². The van der Waals surface area contributed by atoms with Crippen molar-refractivity contribution in [2.45, 2.75) is 32.0 Å². The van der Waals surface area contributed by atoms with Crippen LogP contribution < -0.4 is 20.1 Å². The van der Waals surface area contributed by atoms with Crippen molar-refractivity contribution in [2.24, 2.45) is 11.3 Å². The number of halogens is 3. The molecule has 8 heteroatoms. The smallest absolute Gasteiger partial charge is 0.422 e. The first-order chi connectivity index (χ1) is 12.3. The molecule has 1 unspecified atom stereocenters. The lowest BCUT2D eigenvalue weighted by atomic mass is 9.92. The first-order valence-corrected chi connectivity index (χ1v) is 8.68. The molecule has 1 aromatic rings. The number of alkyl halides is 3. The Morgan fingerprint density at radius 1 is 1.31 bits per heavy atom. The number of ether oxygens (including phenoxy) is 2. The summed E-state index contributed by atoms with van der Waals surface area (Å²) in [6, 6.07) is 4.64. The van der Waals surface area contributed by atoms with Crippen LogP contribution in [-0.2, 0) is 11.3 Å². The number of hydrogen-bond acceptors (Lipinski definition) is 4. The van der Waals surface area contributed by atoms with Crippen molar-refractivity contribution < 1.29 is 27.4 Å². The Hall–Kier alpha value is -1.96. The van der Waals surface area contributed by atoms with Crippen molar-refractivity contribution in [3.8, 4) is 11.5 Å². The normalized spacial score (nSPS) is 21.3. The molecule has 1 heterocycles. The Kier molecular flexibility index (Phi) is 5.32. The van der Waals surface area contributed by atoms with Crippen LogP contribution in [0.4, 0.5) is 13.2 Å². The fourth-order valence-corrected chi connectivity index (χ4v) is 3.61. The number of carbonyl (C=O) groups is 1. The SMILES string of the molecule is COc1cc(CNC(=O)C2CC23CCNCC3)ccc1OCC(F)(F)F. The molecule has 2 aliphatic rings. The fraction of sp³-hybridized carbons (Fsp3) is 0.611. The summed E-state index contributed by atoms with van der Waals surface area (Å²) in [4.78, 5) is 12.4.